The molecule has 0 spiro atoms. The van der Waals surface area contributed by atoms with E-state index in [2.05, 4.69) is 36.9 Å². The Morgan fingerprint density at radius 2 is 1.84 bits per heavy atom. The van der Waals surface area contributed by atoms with Crippen molar-refractivity contribution >= 4 is 11.4 Å². The van der Waals surface area contributed by atoms with Gasteiger partial charge in [0, 0.05) is 30.5 Å². The van der Waals surface area contributed by atoms with Crippen molar-refractivity contribution in [3.63, 3.8) is 0 Å². The van der Waals surface area contributed by atoms with E-state index in [0.717, 1.165) is 23.5 Å². The summed E-state index contributed by atoms with van der Waals surface area (Å²) in [5.74, 6) is 0.284. The molecule has 0 aliphatic rings. The van der Waals surface area contributed by atoms with Crippen molar-refractivity contribution in [2.24, 2.45) is 5.73 Å². The van der Waals surface area contributed by atoms with Crippen molar-refractivity contribution in [2.75, 3.05) is 11.4 Å². The number of phenolic OH excluding ortho intramolecular Hbond substituents is 1. The van der Waals surface area contributed by atoms with Crippen LogP contribution in [0.3, 0.4) is 0 Å². The van der Waals surface area contributed by atoms with E-state index < -0.39 is 0 Å². The monoisotopic (exact) mass is 256 g/mol. The van der Waals surface area contributed by atoms with E-state index in [4.69, 9.17) is 5.73 Å². The molecule has 0 saturated heterocycles. The van der Waals surface area contributed by atoms with Gasteiger partial charge in [0.15, 0.2) is 0 Å². The van der Waals surface area contributed by atoms with Gasteiger partial charge in [0.2, 0.25) is 0 Å². The molecule has 0 saturated carbocycles. The minimum Gasteiger partial charge on any atom is -0.508 e. The number of nitrogens with zero attached hydrogens (tertiary/aromatic N) is 1. The number of aromatic hydroxyl groups is 1. The van der Waals surface area contributed by atoms with Crippen molar-refractivity contribution in [1.82, 2.24) is 0 Å². The maximum atomic E-state index is 9.60. The molecular formula is C16H20N2O. The van der Waals surface area contributed by atoms with Gasteiger partial charge < -0.3 is 15.7 Å². The second kappa shape index (κ2) is 5.76. The van der Waals surface area contributed by atoms with E-state index in [1.807, 2.05) is 12.1 Å². The standard InChI is InChI=1S/C16H20N2O/c1-3-18(14-5-4-6-16(19)10-14)15-8-7-13(11-17)12(2)9-15/h4-10,19H,3,11,17H2,1-2H3. The average Bonchev–Trinajstić information content (AvgIpc) is 2.40. The lowest BCUT2D eigenvalue weighted by Gasteiger charge is -2.24. The van der Waals surface area contributed by atoms with Crippen LogP contribution in [0.1, 0.15) is 18.1 Å². The summed E-state index contributed by atoms with van der Waals surface area (Å²) >= 11 is 0. The largest absolute Gasteiger partial charge is 0.508 e. The summed E-state index contributed by atoms with van der Waals surface area (Å²) in [5, 5.41) is 9.60. The number of rotatable bonds is 4. The first-order chi connectivity index (χ1) is 9.15. The van der Waals surface area contributed by atoms with E-state index in [9.17, 15) is 5.11 Å². The van der Waals surface area contributed by atoms with Gasteiger partial charge in [-0.25, -0.2) is 0 Å². The molecule has 0 fully saturated rings. The first kappa shape index (κ1) is 13.4. The number of hydrogen-bond acceptors (Lipinski definition) is 3. The second-order valence-corrected chi connectivity index (χ2v) is 4.58. The highest BCUT2D eigenvalue weighted by Crippen LogP contribution is 2.29. The lowest BCUT2D eigenvalue weighted by atomic mass is 10.1. The third kappa shape index (κ3) is 2.88. The maximum absolute atomic E-state index is 9.60. The molecule has 0 heterocycles. The van der Waals surface area contributed by atoms with E-state index in [-0.39, 0.29) is 5.75 Å². The Morgan fingerprint density at radius 1 is 1.11 bits per heavy atom. The normalized spacial score (nSPS) is 10.5. The van der Waals surface area contributed by atoms with Gasteiger partial charge >= 0.3 is 0 Å². The predicted molar refractivity (Wildman–Crippen MR) is 79.9 cm³/mol. The highest BCUT2D eigenvalue weighted by molar-refractivity contribution is 5.65. The summed E-state index contributed by atoms with van der Waals surface area (Å²) in [6.45, 7) is 5.56. The van der Waals surface area contributed by atoms with Crippen LogP contribution in [0.25, 0.3) is 0 Å². The average molecular weight is 256 g/mol. The molecule has 100 valence electrons. The van der Waals surface area contributed by atoms with Gasteiger partial charge in [-0.3, -0.25) is 0 Å². The molecule has 0 aliphatic heterocycles. The van der Waals surface area contributed by atoms with E-state index in [0.29, 0.717) is 6.54 Å². The topological polar surface area (TPSA) is 49.5 Å². The van der Waals surface area contributed by atoms with Crippen molar-refractivity contribution in [1.29, 1.82) is 0 Å². The number of aryl methyl sites for hydroxylation is 1. The molecule has 3 heteroatoms. The fourth-order valence-electron chi connectivity index (χ4n) is 2.25. The summed E-state index contributed by atoms with van der Waals surface area (Å²) < 4.78 is 0. The minimum absolute atomic E-state index is 0.284. The van der Waals surface area contributed by atoms with Crippen LogP contribution in [0.5, 0.6) is 5.75 Å². The Morgan fingerprint density at radius 3 is 2.42 bits per heavy atom. The van der Waals surface area contributed by atoms with Gasteiger partial charge in [-0.15, -0.1) is 0 Å². The number of nitrogens with two attached hydrogens (primary N) is 1. The Labute approximate surface area is 114 Å². The van der Waals surface area contributed by atoms with Crippen molar-refractivity contribution in [3.05, 3.63) is 53.6 Å². The Kier molecular flexibility index (Phi) is 4.07. The van der Waals surface area contributed by atoms with Gasteiger partial charge in [-0.05, 0) is 49.2 Å². The summed E-state index contributed by atoms with van der Waals surface area (Å²) in [7, 11) is 0. The van der Waals surface area contributed by atoms with Gasteiger partial charge in [-0.2, -0.15) is 0 Å². The van der Waals surface area contributed by atoms with Crippen LogP contribution in [0.4, 0.5) is 11.4 Å². The fraction of sp³-hybridized carbons (Fsp3) is 0.250. The maximum Gasteiger partial charge on any atom is 0.117 e. The van der Waals surface area contributed by atoms with Gasteiger partial charge in [0.05, 0.1) is 0 Å². The number of phenols is 1. The number of anilines is 2. The molecule has 3 N–H and O–H groups in total. The van der Waals surface area contributed by atoms with Crippen LogP contribution < -0.4 is 10.6 Å². The molecule has 3 nitrogen and oxygen atoms in total. The van der Waals surface area contributed by atoms with Crippen molar-refractivity contribution in [2.45, 2.75) is 20.4 Å². The molecule has 0 radical (unpaired) electrons. The molecule has 0 atom stereocenters. The van der Waals surface area contributed by atoms with E-state index in [1.165, 1.54) is 5.56 Å². The van der Waals surface area contributed by atoms with Crippen LogP contribution in [-0.2, 0) is 6.54 Å². The van der Waals surface area contributed by atoms with E-state index in [1.54, 1.807) is 12.1 Å². The molecule has 0 amide bonds. The van der Waals surface area contributed by atoms with Crippen LogP contribution >= 0.6 is 0 Å². The Balaban J connectivity index is 2.39. The summed E-state index contributed by atoms with van der Waals surface area (Å²) in [4.78, 5) is 2.16. The molecule has 0 aromatic heterocycles. The Bertz CT molecular complexity index is 566. The number of hydrogen-bond donors (Lipinski definition) is 2. The number of benzene rings is 2. The van der Waals surface area contributed by atoms with Gasteiger partial charge in [0.25, 0.3) is 0 Å². The van der Waals surface area contributed by atoms with Crippen LogP contribution in [0.15, 0.2) is 42.5 Å². The van der Waals surface area contributed by atoms with Gasteiger partial charge in [-0.1, -0.05) is 12.1 Å². The third-order valence-corrected chi connectivity index (χ3v) is 3.32. The van der Waals surface area contributed by atoms with Crippen LogP contribution in [0.2, 0.25) is 0 Å². The molecule has 2 aromatic rings. The molecule has 0 bridgehead atoms. The van der Waals surface area contributed by atoms with Crippen LogP contribution in [0, 0.1) is 6.92 Å². The summed E-state index contributed by atoms with van der Waals surface area (Å²) in [5.41, 5.74) is 10.2. The molecule has 19 heavy (non-hydrogen) atoms. The van der Waals surface area contributed by atoms with Crippen LogP contribution in [-0.4, -0.2) is 11.7 Å². The smallest absolute Gasteiger partial charge is 0.117 e. The predicted octanol–water partition coefficient (Wildman–Crippen LogP) is 3.32. The first-order valence-electron chi connectivity index (χ1n) is 6.52. The highest BCUT2D eigenvalue weighted by Gasteiger charge is 2.09. The van der Waals surface area contributed by atoms with E-state index >= 15 is 0 Å². The van der Waals surface area contributed by atoms with Crippen molar-refractivity contribution < 1.29 is 5.11 Å². The molecule has 2 aromatic carbocycles. The summed E-state index contributed by atoms with van der Waals surface area (Å²) in [6, 6.07) is 13.6. The lowest BCUT2D eigenvalue weighted by Crippen LogP contribution is -2.16. The fourth-order valence-corrected chi connectivity index (χ4v) is 2.25. The molecule has 0 aliphatic carbocycles. The van der Waals surface area contributed by atoms with Crippen molar-refractivity contribution in [3.8, 4) is 5.75 Å². The third-order valence-electron chi connectivity index (χ3n) is 3.32. The molecular weight excluding hydrogens is 236 g/mol. The molecule has 0 unspecified atom stereocenters. The SMILES string of the molecule is CCN(c1cccc(O)c1)c1ccc(CN)c(C)c1. The van der Waals surface area contributed by atoms with Gasteiger partial charge in [0.1, 0.15) is 5.75 Å². The zero-order chi connectivity index (χ0) is 13.8. The minimum atomic E-state index is 0.284. The lowest BCUT2D eigenvalue weighted by molar-refractivity contribution is 0.475. The second-order valence-electron chi connectivity index (χ2n) is 4.58. The quantitative estimate of drug-likeness (QED) is 0.882. The zero-order valence-corrected chi connectivity index (χ0v) is 11.4. The Hall–Kier alpha value is -2.00. The first-order valence-corrected chi connectivity index (χ1v) is 6.52. The molecule has 2 rings (SSSR count). The highest BCUT2D eigenvalue weighted by atomic mass is 16.3. The zero-order valence-electron chi connectivity index (χ0n) is 11.4. The summed E-state index contributed by atoms with van der Waals surface area (Å²) in [6.07, 6.45) is 0.